The Kier molecular flexibility index (Phi) is 3.76. The first-order chi connectivity index (χ1) is 9.27. The second kappa shape index (κ2) is 5.51. The average Bonchev–Trinajstić information content (AvgIpc) is 2.83. The molecular weight excluding hydrogens is 238 g/mol. The highest BCUT2D eigenvalue weighted by molar-refractivity contribution is 5.39. The number of ether oxygens (including phenoxy) is 2. The van der Waals surface area contributed by atoms with Crippen LogP contribution in [-0.2, 0) is 4.74 Å². The first-order valence-corrected chi connectivity index (χ1v) is 7.35. The van der Waals surface area contributed by atoms with Gasteiger partial charge in [0, 0.05) is 17.0 Å². The van der Waals surface area contributed by atoms with Crippen molar-refractivity contribution < 1.29 is 9.47 Å². The molecule has 1 heterocycles. The van der Waals surface area contributed by atoms with Gasteiger partial charge in [-0.2, -0.15) is 0 Å². The highest BCUT2D eigenvalue weighted by atomic mass is 16.5. The second-order valence-corrected chi connectivity index (χ2v) is 5.98. The van der Waals surface area contributed by atoms with Gasteiger partial charge in [0.15, 0.2) is 0 Å². The SMILES string of the molecule is NC1(COCC2COc3ccccc32)CCCCC1. The van der Waals surface area contributed by atoms with Gasteiger partial charge in [0.2, 0.25) is 0 Å². The molecule has 0 bridgehead atoms. The molecule has 3 nitrogen and oxygen atoms in total. The molecule has 0 amide bonds. The fourth-order valence-corrected chi connectivity index (χ4v) is 3.17. The van der Waals surface area contributed by atoms with Gasteiger partial charge in [-0.25, -0.2) is 0 Å². The Morgan fingerprint density at radius 3 is 2.84 bits per heavy atom. The van der Waals surface area contributed by atoms with Crippen molar-refractivity contribution in [2.75, 3.05) is 19.8 Å². The largest absolute Gasteiger partial charge is 0.493 e. The Bertz CT molecular complexity index is 427. The molecule has 1 aliphatic carbocycles. The van der Waals surface area contributed by atoms with Crippen LogP contribution in [0, 0.1) is 0 Å². The molecule has 3 heteroatoms. The van der Waals surface area contributed by atoms with Gasteiger partial charge in [-0.05, 0) is 18.9 Å². The third kappa shape index (κ3) is 2.93. The van der Waals surface area contributed by atoms with Crippen molar-refractivity contribution in [2.45, 2.75) is 43.6 Å². The molecule has 104 valence electrons. The smallest absolute Gasteiger partial charge is 0.123 e. The van der Waals surface area contributed by atoms with Gasteiger partial charge >= 0.3 is 0 Å². The predicted octanol–water partition coefficient (Wildman–Crippen LogP) is 2.84. The summed E-state index contributed by atoms with van der Waals surface area (Å²) in [4.78, 5) is 0. The molecule has 1 aliphatic heterocycles. The van der Waals surface area contributed by atoms with E-state index in [2.05, 4.69) is 12.1 Å². The molecule has 0 aromatic heterocycles. The summed E-state index contributed by atoms with van der Waals surface area (Å²) < 4.78 is 11.6. The van der Waals surface area contributed by atoms with Crippen LogP contribution in [0.1, 0.15) is 43.6 Å². The van der Waals surface area contributed by atoms with E-state index in [0.717, 1.165) is 31.8 Å². The minimum absolute atomic E-state index is 0.0861. The van der Waals surface area contributed by atoms with Crippen LogP contribution in [0.15, 0.2) is 24.3 Å². The summed E-state index contributed by atoms with van der Waals surface area (Å²) in [5.41, 5.74) is 7.57. The number of fused-ring (bicyclic) bond motifs is 1. The summed E-state index contributed by atoms with van der Waals surface area (Å²) in [6.45, 7) is 2.14. The Balaban J connectivity index is 1.51. The zero-order chi connectivity index (χ0) is 13.1. The lowest BCUT2D eigenvalue weighted by Gasteiger charge is -2.33. The zero-order valence-corrected chi connectivity index (χ0v) is 11.4. The number of rotatable bonds is 4. The summed E-state index contributed by atoms with van der Waals surface area (Å²) in [5.74, 6) is 1.37. The number of benzene rings is 1. The highest BCUT2D eigenvalue weighted by Crippen LogP contribution is 2.34. The van der Waals surface area contributed by atoms with Crippen molar-refractivity contribution in [3.8, 4) is 5.75 Å². The monoisotopic (exact) mass is 261 g/mol. The second-order valence-electron chi connectivity index (χ2n) is 5.98. The van der Waals surface area contributed by atoms with E-state index in [1.54, 1.807) is 0 Å². The lowest BCUT2D eigenvalue weighted by Crippen LogP contribution is -2.46. The van der Waals surface area contributed by atoms with Crippen molar-refractivity contribution in [3.05, 3.63) is 29.8 Å². The molecule has 1 saturated carbocycles. The molecule has 0 saturated heterocycles. The predicted molar refractivity (Wildman–Crippen MR) is 75.5 cm³/mol. The molecule has 1 aromatic carbocycles. The normalized spacial score (nSPS) is 24.8. The standard InChI is InChI=1S/C16H23NO2/c17-16(8-4-1-5-9-16)12-18-10-13-11-19-15-7-3-2-6-14(13)15/h2-3,6-7,13H,1,4-5,8-12,17H2. The fourth-order valence-electron chi connectivity index (χ4n) is 3.17. The first kappa shape index (κ1) is 12.9. The molecule has 1 fully saturated rings. The minimum Gasteiger partial charge on any atom is -0.493 e. The van der Waals surface area contributed by atoms with E-state index in [4.69, 9.17) is 15.2 Å². The first-order valence-electron chi connectivity index (χ1n) is 7.35. The number of nitrogens with two attached hydrogens (primary N) is 1. The van der Waals surface area contributed by atoms with Crippen LogP contribution in [-0.4, -0.2) is 25.4 Å². The molecule has 1 unspecified atom stereocenters. The van der Waals surface area contributed by atoms with E-state index in [1.807, 2.05) is 12.1 Å². The van der Waals surface area contributed by atoms with Crippen molar-refractivity contribution in [1.29, 1.82) is 0 Å². The Hall–Kier alpha value is -1.06. The van der Waals surface area contributed by atoms with Crippen LogP contribution in [0.4, 0.5) is 0 Å². The van der Waals surface area contributed by atoms with Gasteiger partial charge in [0.1, 0.15) is 5.75 Å². The van der Waals surface area contributed by atoms with Crippen LogP contribution >= 0.6 is 0 Å². The van der Waals surface area contributed by atoms with E-state index in [-0.39, 0.29) is 5.54 Å². The maximum atomic E-state index is 6.38. The van der Waals surface area contributed by atoms with Crippen LogP contribution in [0.5, 0.6) is 5.75 Å². The third-order valence-corrected chi connectivity index (χ3v) is 4.36. The lowest BCUT2D eigenvalue weighted by atomic mass is 9.83. The molecule has 2 aliphatic rings. The van der Waals surface area contributed by atoms with Crippen molar-refractivity contribution in [3.63, 3.8) is 0 Å². The summed E-state index contributed by atoms with van der Waals surface area (Å²) in [5, 5.41) is 0. The third-order valence-electron chi connectivity index (χ3n) is 4.36. The van der Waals surface area contributed by atoms with Crippen LogP contribution in [0.25, 0.3) is 0 Å². The minimum atomic E-state index is -0.0861. The maximum absolute atomic E-state index is 6.38. The molecule has 19 heavy (non-hydrogen) atoms. The van der Waals surface area contributed by atoms with E-state index in [9.17, 15) is 0 Å². The molecule has 1 aromatic rings. The van der Waals surface area contributed by atoms with Gasteiger partial charge in [0.25, 0.3) is 0 Å². The van der Waals surface area contributed by atoms with Gasteiger partial charge in [-0.1, -0.05) is 37.5 Å². The molecule has 1 atom stereocenters. The van der Waals surface area contributed by atoms with Crippen molar-refractivity contribution in [1.82, 2.24) is 0 Å². The molecular formula is C16H23NO2. The topological polar surface area (TPSA) is 44.5 Å². The average molecular weight is 261 g/mol. The molecule has 2 N–H and O–H groups in total. The van der Waals surface area contributed by atoms with Gasteiger partial charge in [-0.3, -0.25) is 0 Å². The fraction of sp³-hybridized carbons (Fsp3) is 0.625. The van der Waals surface area contributed by atoms with Gasteiger partial charge in [-0.15, -0.1) is 0 Å². The number of hydrogen-bond donors (Lipinski definition) is 1. The van der Waals surface area contributed by atoms with Gasteiger partial charge < -0.3 is 15.2 Å². The van der Waals surface area contributed by atoms with Crippen molar-refractivity contribution >= 4 is 0 Å². The van der Waals surface area contributed by atoms with Crippen molar-refractivity contribution in [2.24, 2.45) is 5.73 Å². The van der Waals surface area contributed by atoms with Crippen LogP contribution in [0.2, 0.25) is 0 Å². The quantitative estimate of drug-likeness (QED) is 0.906. The maximum Gasteiger partial charge on any atom is 0.123 e. The Labute approximate surface area is 115 Å². The summed E-state index contributed by atoms with van der Waals surface area (Å²) in [6.07, 6.45) is 6.02. The highest BCUT2D eigenvalue weighted by Gasteiger charge is 2.29. The Morgan fingerprint density at radius 1 is 1.21 bits per heavy atom. The van der Waals surface area contributed by atoms with Gasteiger partial charge in [0.05, 0.1) is 19.8 Å². The summed E-state index contributed by atoms with van der Waals surface area (Å²) in [6, 6.07) is 8.24. The number of hydrogen-bond acceptors (Lipinski definition) is 3. The summed E-state index contributed by atoms with van der Waals surface area (Å²) >= 11 is 0. The van der Waals surface area contributed by atoms with E-state index in [1.165, 1.54) is 24.8 Å². The zero-order valence-electron chi connectivity index (χ0n) is 11.4. The van der Waals surface area contributed by atoms with E-state index in [0.29, 0.717) is 12.5 Å². The Morgan fingerprint density at radius 2 is 2.00 bits per heavy atom. The van der Waals surface area contributed by atoms with Crippen LogP contribution < -0.4 is 10.5 Å². The van der Waals surface area contributed by atoms with E-state index < -0.39 is 0 Å². The number of para-hydroxylation sites is 1. The molecule has 0 spiro atoms. The molecule has 0 radical (unpaired) electrons. The summed E-state index contributed by atoms with van der Waals surface area (Å²) in [7, 11) is 0. The van der Waals surface area contributed by atoms with E-state index >= 15 is 0 Å². The lowest BCUT2D eigenvalue weighted by molar-refractivity contribution is 0.0559. The van der Waals surface area contributed by atoms with Crippen LogP contribution in [0.3, 0.4) is 0 Å². The molecule has 3 rings (SSSR count).